The van der Waals surface area contributed by atoms with Gasteiger partial charge in [-0.25, -0.2) is 9.98 Å². The lowest BCUT2D eigenvalue weighted by Gasteiger charge is -2.26. The van der Waals surface area contributed by atoms with Crippen molar-refractivity contribution >= 4 is 17.6 Å². The van der Waals surface area contributed by atoms with Gasteiger partial charge in [0.15, 0.2) is 5.96 Å². The molecule has 1 aromatic heterocycles. The fourth-order valence-electron chi connectivity index (χ4n) is 3.50. The summed E-state index contributed by atoms with van der Waals surface area (Å²) in [6.45, 7) is 3.77. The summed E-state index contributed by atoms with van der Waals surface area (Å²) < 4.78 is 5.58. The molecule has 0 fully saturated rings. The number of aromatic nitrogens is 1. The van der Waals surface area contributed by atoms with Gasteiger partial charge in [-0.3, -0.25) is 4.79 Å². The van der Waals surface area contributed by atoms with Gasteiger partial charge in [0, 0.05) is 36.7 Å². The number of anilines is 1. The third kappa shape index (κ3) is 4.68. The molecule has 0 bridgehead atoms. The van der Waals surface area contributed by atoms with Gasteiger partial charge in [-0.05, 0) is 30.7 Å². The number of nitrogens with zero attached hydrogens (tertiary/aromatic N) is 2. The molecule has 3 aromatic rings. The van der Waals surface area contributed by atoms with Crippen LogP contribution in [0.5, 0.6) is 0 Å². The first-order valence-corrected chi connectivity index (χ1v) is 10.1. The van der Waals surface area contributed by atoms with Crippen LogP contribution in [-0.2, 0) is 11.3 Å². The lowest BCUT2D eigenvalue weighted by atomic mass is 9.90. The van der Waals surface area contributed by atoms with Crippen LogP contribution in [0.4, 0.5) is 5.69 Å². The molecule has 1 amide bonds. The number of benzene rings is 2. The van der Waals surface area contributed by atoms with Gasteiger partial charge >= 0.3 is 0 Å². The number of guanidine groups is 1. The van der Waals surface area contributed by atoms with Gasteiger partial charge in [0.05, 0.1) is 6.54 Å². The Morgan fingerprint density at radius 1 is 1.17 bits per heavy atom. The molecule has 1 aliphatic heterocycles. The monoisotopic (exact) mass is 403 g/mol. The summed E-state index contributed by atoms with van der Waals surface area (Å²) >= 11 is 0. The molecular weight excluding hydrogens is 378 g/mol. The summed E-state index contributed by atoms with van der Waals surface area (Å²) in [5, 5.41) is 9.54. The van der Waals surface area contributed by atoms with E-state index >= 15 is 0 Å². The predicted molar refractivity (Wildman–Crippen MR) is 117 cm³/mol. The molecule has 2 heterocycles. The molecular formula is C23H25N5O2. The zero-order valence-corrected chi connectivity index (χ0v) is 16.9. The topological polar surface area (TPSA) is 91.6 Å². The number of rotatable bonds is 6. The quantitative estimate of drug-likeness (QED) is 0.433. The molecule has 154 valence electrons. The minimum Gasteiger partial charge on any atom is -0.444 e. The average molecular weight is 403 g/mol. The van der Waals surface area contributed by atoms with Crippen LogP contribution in [0.15, 0.2) is 70.3 Å². The van der Waals surface area contributed by atoms with Crippen molar-refractivity contribution in [2.45, 2.75) is 25.8 Å². The summed E-state index contributed by atoms with van der Waals surface area (Å²) in [7, 11) is 0. The van der Waals surface area contributed by atoms with E-state index in [-0.39, 0.29) is 11.8 Å². The number of fused-ring (bicyclic) bond motifs is 1. The number of nitrogens with one attached hydrogen (secondary N) is 3. The SMILES string of the molecule is CCNC(=NCc1coc(-c2ccccc2)n1)NCC1CC(=O)Nc2ccccc21. The lowest BCUT2D eigenvalue weighted by Crippen LogP contribution is -2.40. The normalized spacial score (nSPS) is 16.0. The number of oxazole rings is 1. The standard InChI is InChI=1S/C23H25N5O2/c1-2-24-23(25-13-17-12-21(29)28-20-11-7-6-10-19(17)20)26-14-18-15-30-22(27-18)16-8-4-3-5-9-16/h3-11,15,17H,2,12-14H2,1H3,(H,28,29)(H2,24,25,26). The summed E-state index contributed by atoms with van der Waals surface area (Å²) in [5.74, 6) is 1.41. The molecule has 3 N–H and O–H groups in total. The first-order chi connectivity index (χ1) is 14.7. The Kier molecular flexibility index (Phi) is 6.08. The van der Waals surface area contributed by atoms with Crippen molar-refractivity contribution in [1.82, 2.24) is 15.6 Å². The minimum absolute atomic E-state index is 0.0403. The second-order valence-electron chi connectivity index (χ2n) is 7.12. The van der Waals surface area contributed by atoms with Gasteiger partial charge in [-0.1, -0.05) is 36.4 Å². The van der Waals surface area contributed by atoms with Crippen molar-refractivity contribution in [2.24, 2.45) is 4.99 Å². The molecule has 1 atom stereocenters. The molecule has 2 aromatic carbocycles. The molecule has 1 unspecified atom stereocenters. The molecule has 0 spiro atoms. The molecule has 4 rings (SSSR count). The Bertz CT molecular complexity index is 1030. The largest absolute Gasteiger partial charge is 0.444 e. The van der Waals surface area contributed by atoms with Crippen LogP contribution in [-0.4, -0.2) is 29.9 Å². The first kappa shape index (κ1) is 19.7. The number of carbonyl (C=O) groups is 1. The summed E-state index contributed by atoms with van der Waals surface area (Å²) in [6.07, 6.45) is 2.09. The number of hydrogen-bond acceptors (Lipinski definition) is 4. The van der Waals surface area contributed by atoms with Gasteiger partial charge < -0.3 is 20.4 Å². The van der Waals surface area contributed by atoms with E-state index in [0.29, 0.717) is 31.4 Å². The number of hydrogen-bond donors (Lipinski definition) is 3. The third-order valence-electron chi connectivity index (χ3n) is 4.94. The summed E-state index contributed by atoms with van der Waals surface area (Å²) in [6, 6.07) is 17.7. The van der Waals surface area contributed by atoms with E-state index in [1.165, 1.54) is 0 Å². The van der Waals surface area contributed by atoms with Crippen molar-refractivity contribution < 1.29 is 9.21 Å². The summed E-state index contributed by atoms with van der Waals surface area (Å²) in [5.41, 5.74) is 3.73. The second-order valence-corrected chi connectivity index (χ2v) is 7.12. The third-order valence-corrected chi connectivity index (χ3v) is 4.94. The van der Waals surface area contributed by atoms with Crippen molar-refractivity contribution in [3.63, 3.8) is 0 Å². The number of carbonyl (C=O) groups excluding carboxylic acids is 1. The highest BCUT2D eigenvalue weighted by Gasteiger charge is 2.24. The van der Waals surface area contributed by atoms with E-state index in [4.69, 9.17) is 4.42 Å². The highest BCUT2D eigenvalue weighted by Crippen LogP contribution is 2.31. The second kappa shape index (κ2) is 9.26. The van der Waals surface area contributed by atoms with E-state index in [1.807, 2.05) is 55.5 Å². The van der Waals surface area contributed by atoms with E-state index < -0.39 is 0 Å². The van der Waals surface area contributed by atoms with Crippen molar-refractivity contribution in [2.75, 3.05) is 18.4 Å². The van der Waals surface area contributed by atoms with Crippen LogP contribution >= 0.6 is 0 Å². The molecule has 0 radical (unpaired) electrons. The fourth-order valence-corrected chi connectivity index (χ4v) is 3.50. The van der Waals surface area contributed by atoms with E-state index in [1.54, 1.807) is 6.26 Å². The number of para-hydroxylation sites is 1. The first-order valence-electron chi connectivity index (χ1n) is 10.1. The van der Waals surface area contributed by atoms with Gasteiger partial charge in [0.1, 0.15) is 12.0 Å². The van der Waals surface area contributed by atoms with Crippen LogP contribution in [0.3, 0.4) is 0 Å². The highest BCUT2D eigenvalue weighted by atomic mass is 16.3. The van der Waals surface area contributed by atoms with Gasteiger partial charge in [0.2, 0.25) is 11.8 Å². The molecule has 7 heteroatoms. The van der Waals surface area contributed by atoms with Crippen LogP contribution in [0.1, 0.15) is 30.5 Å². The average Bonchev–Trinajstić information content (AvgIpc) is 3.25. The van der Waals surface area contributed by atoms with Crippen molar-refractivity contribution in [3.8, 4) is 11.5 Å². The Hall–Kier alpha value is -3.61. The van der Waals surface area contributed by atoms with Crippen molar-refractivity contribution in [1.29, 1.82) is 0 Å². The maximum Gasteiger partial charge on any atom is 0.226 e. The van der Waals surface area contributed by atoms with E-state index in [0.717, 1.165) is 29.1 Å². The Balaban J connectivity index is 1.41. The van der Waals surface area contributed by atoms with Crippen molar-refractivity contribution in [3.05, 3.63) is 72.1 Å². The molecule has 0 saturated heterocycles. The molecule has 7 nitrogen and oxygen atoms in total. The van der Waals surface area contributed by atoms with Crippen LogP contribution in [0, 0.1) is 0 Å². The molecule has 0 aliphatic carbocycles. The van der Waals surface area contributed by atoms with Crippen LogP contribution in [0.2, 0.25) is 0 Å². The molecule has 30 heavy (non-hydrogen) atoms. The predicted octanol–water partition coefficient (Wildman–Crippen LogP) is 3.52. The maximum atomic E-state index is 12.0. The van der Waals surface area contributed by atoms with E-state index in [9.17, 15) is 4.79 Å². The van der Waals surface area contributed by atoms with E-state index in [2.05, 4.69) is 32.0 Å². The molecule has 0 saturated carbocycles. The van der Waals surface area contributed by atoms with Crippen LogP contribution < -0.4 is 16.0 Å². The summed E-state index contributed by atoms with van der Waals surface area (Å²) in [4.78, 5) is 21.2. The smallest absolute Gasteiger partial charge is 0.226 e. The lowest BCUT2D eigenvalue weighted by molar-refractivity contribution is -0.116. The van der Waals surface area contributed by atoms with Gasteiger partial charge in [-0.2, -0.15) is 0 Å². The Morgan fingerprint density at radius 3 is 2.80 bits per heavy atom. The Labute approximate surface area is 175 Å². The minimum atomic E-state index is 0.0403. The number of amides is 1. The number of aliphatic imine (C=N–C) groups is 1. The zero-order valence-electron chi connectivity index (χ0n) is 16.9. The fraction of sp³-hybridized carbons (Fsp3) is 0.261. The maximum absolute atomic E-state index is 12.0. The highest BCUT2D eigenvalue weighted by molar-refractivity contribution is 5.94. The van der Waals surface area contributed by atoms with Gasteiger partial charge in [0.25, 0.3) is 0 Å². The zero-order chi connectivity index (χ0) is 20.8. The Morgan fingerprint density at radius 2 is 1.97 bits per heavy atom. The van der Waals surface area contributed by atoms with Crippen LogP contribution in [0.25, 0.3) is 11.5 Å². The molecule has 1 aliphatic rings. The van der Waals surface area contributed by atoms with Gasteiger partial charge in [-0.15, -0.1) is 0 Å².